The van der Waals surface area contributed by atoms with Gasteiger partial charge >= 0.3 is 5.97 Å². The lowest BCUT2D eigenvalue weighted by Crippen LogP contribution is -2.51. The van der Waals surface area contributed by atoms with Crippen LogP contribution in [0.3, 0.4) is 0 Å². The first kappa shape index (κ1) is 29.1. The molecular weight excluding hydrogens is 550 g/mol. The van der Waals surface area contributed by atoms with Crippen molar-refractivity contribution in [3.8, 4) is 17.4 Å². The van der Waals surface area contributed by atoms with E-state index in [-0.39, 0.29) is 12.6 Å². The van der Waals surface area contributed by atoms with Crippen LogP contribution in [0.2, 0.25) is 16.6 Å². The molecule has 0 N–H and O–H groups in total. The maximum absolute atomic E-state index is 13.5. The summed E-state index contributed by atoms with van der Waals surface area (Å²) in [6.07, 6.45) is 0. The van der Waals surface area contributed by atoms with Gasteiger partial charge in [-0.3, -0.25) is 0 Å². The highest BCUT2D eigenvalue weighted by Crippen LogP contribution is 2.46. The topological polar surface area (TPSA) is 58.9 Å². The van der Waals surface area contributed by atoms with Gasteiger partial charge in [0.05, 0.1) is 32.9 Å². The lowest BCUT2D eigenvalue weighted by Gasteiger charge is -2.42. The molecule has 1 heterocycles. The Balaban J connectivity index is 2.39. The van der Waals surface area contributed by atoms with Crippen LogP contribution in [0.4, 0.5) is 0 Å². The molecule has 37 heavy (non-hydrogen) atoms. The first-order valence-electron chi connectivity index (χ1n) is 12.9. The van der Waals surface area contributed by atoms with Crippen molar-refractivity contribution in [1.82, 2.24) is 4.57 Å². The summed E-state index contributed by atoms with van der Waals surface area (Å²) in [6.45, 7) is 16.0. The first-order chi connectivity index (χ1) is 17.5. The Morgan fingerprint density at radius 1 is 0.973 bits per heavy atom. The Morgan fingerprint density at radius 2 is 1.62 bits per heavy atom. The molecular formula is C29H40BrNO5Si. The third kappa shape index (κ3) is 5.41. The molecule has 0 radical (unpaired) electrons. The highest BCUT2D eigenvalue weighted by Gasteiger charge is 2.48. The maximum atomic E-state index is 13.5. The minimum atomic E-state index is -2.43. The second-order valence-electron chi connectivity index (χ2n) is 10.2. The number of hydrogen-bond acceptors (Lipinski definition) is 5. The number of hydrogen-bond donors (Lipinski definition) is 0. The summed E-state index contributed by atoms with van der Waals surface area (Å²) in [5.41, 5.74) is 3.29. The summed E-state index contributed by atoms with van der Waals surface area (Å²) < 4.78 is 26.9. The molecule has 0 saturated heterocycles. The van der Waals surface area contributed by atoms with Crippen LogP contribution in [0.5, 0.6) is 17.4 Å². The highest BCUT2D eigenvalue weighted by atomic mass is 79.9. The zero-order valence-corrected chi connectivity index (χ0v) is 26.1. The third-order valence-corrected chi connectivity index (χ3v) is 13.9. The highest BCUT2D eigenvalue weighted by molar-refractivity contribution is 9.10. The fourth-order valence-electron chi connectivity index (χ4n) is 5.67. The van der Waals surface area contributed by atoms with Crippen molar-refractivity contribution >= 4 is 41.1 Å². The van der Waals surface area contributed by atoms with E-state index in [0.717, 1.165) is 20.9 Å². The van der Waals surface area contributed by atoms with E-state index in [9.17, 15) is 4.79 Å². The fourth-order valence-corrected chi connectivity index (χ4v) is 11.5. The van der Waals surface area contributed by atoms with E-state index in [4.69, 9.17) is 18.6 Å². The third-order valence-electron chi connectivity index (χ3n) is 7.27. The van der Waals surface area contributed by atoms with Crippen LogP contribution >= 0.6 is 15.9 Å². The second-order valence-corrected chi connectivity index (χ2v) is 16.4. The number of benzene rings is 2. The monoisotopic (exact) mass is 589 g/mol. The number of para-hydroxylation sites is 1. The van der Waals surface area contributed by atoms with Crippen molar-refractivity contribution in [2.75, 3.05) is 20.8 Å². The van der Waals surface area contributed by atoms with Crippen LogP contribution in [0.15, 0.2) is 40.9 Å². The molecule has 0 atom stereocenters. The predicted octanol–water partition coefficient (Wildman–Crippen LogP) is 8.20. The summed E-state index contributed by atoms with van der Waals surface area (Å²) in [5, 5.41) is 0.800. The van der Waals surface area contributed by atoms with E-state index in [2.05, 4.69) is 62.0 Å². The van der Waals surface area contributed by atoms with Crippen LogP contribution in [0.25, 0.3) is 10.9 Å². The molecule has 3 aromatic rings. The summed E-state index contributed by atoms with van der Waals surface area (Å²) >= 11 is 3.75. The molecule has 202 valence electrons. The van der Waals surface area contributed by atoms with Crippen molar-refractivity contribution < 1.29 is 23.4 Å². The minimum Gasteiger partial charge on any atom is -0.530 e. The summed E-state index contributed by atoms with van der Waals surface area (Å²) in [7, 11) is 0.857. The Kier molecular flexibility index (Phi) is 9.40. The van der Waals surface area contributed by atoms with E-state index < -0.39 is 8.32 Å². The number of methoxy groups -OCH3 is 2. The van der Waals surface area contributed by atoms with Crippen LogP contribution < -0.4 is 13.9 Å². The molecule has 0 unspecified atom stereocenters. The normalized spacial score (nSPS) is 12.0. The number of carbonyl (C=O) groups is 1. The Bertz CT molecular complexity index is 1230. The van der Waals surface area contributed by atoms with Crippen LogP contribution in [0.1, 0.15) is 64.4 Å². The van der Waals surface area contributed by atoms with Crippen LogP contribution in [-0.4, -0.2) is 39.7 Å². The predicted molar refractivity (Wildman–Crippen MR) is 156 cm³/mol. The van der Waals surface area contributed by atoms with Gasteiger partial charge in [0.1, 0.15) is 17.1 Å². The van der Waals surface area contributed by atoms with Gasteiger partial charge in [-0.2, -0.15) is 0 Å². The van der Waals surface area contributed by atoms with E-state index >= 15 is 0 Å². The summed E-state index contributed by atoms with van der Waals surface area (Å²) in [6, 6.07) is 11.7. The summed E-state index contributed by atoms with van der Waals surface area (Å²) in [4.78, 5) is 13.5. The number of ether oxygens (including phenoxy) is 3. The molecule has 2 aromatic carbocycles. The molecule has 3 rings (SSSR count). The van der Waals surface area contributed by atoms with Crippen molar-refractivity contribution in [1.29, 1.82) is 0 Å². The van der Waals surface area contributed by atoms with Crippen molar-refractivity contribution in [3.63, 3.8) is 0 Å². The Hall–Kier alpha value is -2.45. The maximum Gasteiger partial charge on any atom is 0.344 e. The molecule has 0 saturated carbocycles. The minimum absolute atomic E-state index is 0.284. The van der Waals surface area contributed by atoms with Gasteiger partial charge < -0.3 is 23.2 Å². The van der Waals surface area contributed by atoms with Gasteiger partial charge in [0, 0.05) is 21.5 Å². The molecule has 0 aliphatic rings. The van der Waals surface area contributed by atoms with E-state index in [1.165, 1.54) is 0 Å². The van der Waals surface area contributed by atoms with Gasteiger partial charge in [0.25, 0.3) is 8.32 Å². The molecule has 0 amide bonds. The fraction of sp³-hybridized carbons (Fsp3) is 0.483. The van der Waals surface area contributed by atoms with E-state index in [1.54, 1.807) is 14.2 Å². The lowest BCUT2D eigenvalue weighted by atomic mass is 10.1. The Labute approximate surface area is 230 Å². The molecule has 0 spiro atoms. The second kappa shape index (κ2) is 11.9. The number of esters is 1. The van der Waals surface area contributed by atoms with Crippen LogP contribution in [0, 0.1) is 0 Å². The lowest BCUT2D eigenvalue weighted by molar-refractivity contribution is 0.0525. The number of carbonyl (C=O) groups excluding carboxylic acids is 1. The standard InChI is InChI=1S/C29H40BrNO5Si/c1-10-35-29(32)26-23-12-11-13-24(30)27(23)31(17-21-14-15-22(33-8)16-25(21)34-9)28(26)36-37(18(2)3,19(4)5)20(6)7/h11-16,18-20H,10,17H2,1-9H3. The average Bonchev–Trinajstić information content (AvgIpc) is 3.15. The molecule has 0 fully saturated rings. The van der Waals surface area contributed by atoms with Gasteiger partial charge in [-0.15, -0.1) is 0 Å². The molecule has 6 nitrogen and oxygen atoms in total. The molecule has 8 heteroatoms. The smallest absolute Gasteiger partial charge is 0.344 e. The summed E-state index contributed by atoms with van der Waals surface area (Å²) in [5.74, 6) is 1.62. The van der Waals surface area contributed by atoms with Crippen molar-refractivity contribution in [2.24, 2.45) is 0 Å². The number of aromatic nitrogens is 1. The van der Waals surface area contributed by atoms with E-state index in [0.29, 0.717) is 46.1 Å². The number of nitrogens with zero attached hydrogens (tertiary/aromatic N) is 1. The number of fused-ring (bicyclic) bond motifs is 1. The number of halogens is 1. The first-order valence-corrected chi connectivity index (χ1v) is 15.8. The van der Waals surface area contributed by atoms with Gasteiger partial charge in [0.2, 0.25) is 0 Å². The average molecular weight is 591 g/mol. The zero-order valence-electron chi connectivity index (χ0n) is 23.5. The molecule has 1 aromatic heterocycles. The number of rotatable bonds is 11. The van der Waals surface area contributed by atoms with Crippen molar-refractivity contribution in [2.45, 2.75) is 71.6 Å². The van der Waals surface area contributed by atoms with Gasteiger partial charge in [-0.05, 0) is 57.7 Å². The molecule has 0 aliphatic carbocycles. The largest absolute Gasteiger partial charge is 0.530 e. The van der Waals surface area contributed by atoms with E-state index in [1.807, 2.05) is 43.3 Å². The SMILES string of the molecule is CCOC(=O)c1c(O[Si](C(C)C)(C(C)C)C(C)C)n(Cc2ccc(OC)cc2OC)c2c(Br)cccc12. The van der Waals surface area contributed by atoms with Gasteiger partial charge in [-0.25, -0.2) is 4.79 Å². The quantitative estimate of drug-likeness (QED) is 0.166. The van der Waals surface area contributed by atoms with Gasteiger partial charge in [0.15, 0.2) is 5.88 Å². The van der Waals surface area contributed by atoms with Crippen LogP contribution in [-0.2, 0) is 11.3 Å². The van der Waals surface area contributed by atoms with Crippen molar-refractivity contribution in [3.05, 3.63) is 52.0 Å². The Morgan fingerprint density at radius 3 is 2.16 bits per heavy atom. The zero-order chi connectivity index (χ0) is 27.5. The van der Waals surface area contributed by atoms with Gasteiger partial charge in [-0.1, -0.05) is 53.7 Å². The molecule has 0 aliphatic heterocycles. The molecule has 0 bridgehead atoms.